The maximum atomic E-state index is 13.0. The van der Waals surface area contributed by atoms with E-state index in [1.54, 1.807) is 6.07 Å². The number of benzene rings is 3. The molecule has 5 nitrogen and oxygen atoms in total. The number of aryl methyl sites for hydroxylation is 1. The number of anilines is 1. The summed E-state index contributed by atoms with van der Waals surface area (Å²) in [6.45, 7) is 2.55. The van der Waals surface area contributed by atoms with Crippen LogP contribution >= 0.6 is 0 Å². The lowest BCUT2D eigenvalue weighted by Gasteiger charge is -2.19. The van der Waals surface area contributed by atoms with Gasteiger partial charge in [0, 0.05) is 11.3 Å². The molecule has 1 atom stereocenters. The molecule has 3 aromatic carbocycles. The number of hydrogen-bond donors (Lipinski definition) is 3. The first-order chi connectivity index (χ1) is 14.1. The van der Waals surface area contributed by atoms with Gasteiger partial charge < -0.3 is 16.4 Å². The molecule has 0 heterocycles. The second kappa shape index (κ2) is 9.85. The number of rotatable bonds is 8. The fourth-order valence-electron chi connectivity index (χ4n) is 3.29. The van der Waals surface area contributed by atoms with Gasteiger partial charge in [-0.3, -0.25) is 9.59 Å². The van der Waals surface area contributed by atoms with Gasteiger partial charge in [0.1, 0.15) is 6.04 Å². The summed E-state index contributed by atoms with van der Waals surface area (Å²) in [7, 11) is 0. The highest BCUT2D eigenvalue weighted by molar-refractivity contribution is 6.08. The Kier molecular flexibility index (Phi) is 6.98. The Morgan fingerprint density at radius 2 is 1.66 bits per heavy atom. The van der Waals surface area contributed by atoms with Crippen LogP contribution in [0.3, 0.4) is 0 Å². The van der Waals surface area contributed by atoms with Crippen LogP contribution in [0, 0.1) is 6.92 Å². The van der Waals surface area contributed by atoms with Crippen LogP contribution < -0.4 is 16.4 Å². The number of amides is 2. The summed E-state index contributed by atoms with van der Waals surface area (Å²) in [6, 6.07) is 20.3. The molecule has 0 aromatic heterocycles. The number of nitrogens with one attached hydrogen (secondary N) is 2. The van der Waals surface area contributed by atoms with E-state index in [1.807, 2.05) is 67.6 Å². The van der Waals surface area contributed by atoms with Crippen LogP contribution in [0.1, 0.15) is 35.2 Å². The van der Waals surface area contributed by atoms with E-state index >= 15 is 0 Å². The maximum absolute atomic E-state index is 13.0. The van der Waals surface area contributed by atoms with Crippen molar-refractivity contribution in [1.82, 2.24) is 5.32 Å². The summed E-state index contributed by atoms with van der Waals surface area (Å²) in [4.78, 5) is 25.9. The van der Waals surface area contributed by atoms with Crippen molar-refractivity contribution in [2.45, 2.75) is 32.2 Å². The van der Waals surface area contributed by atoms with Gasteiger partial charge >= 0.3 is 0 Å². The van der Waals surface area contributed by atoms with Crippen LogP contribution in [0.5, 0.6) is 0 Å². The van der Waals surface area contributed by atoms with Gasteiger partial charge in [-0.05, 0) is 61.7 Å². The second-order valence-corrected chi connectivity index (χ2v) is 7.19. The molecule has 5 heteroatoms. The average Bonchev–Trinajstić information content (AvgIpc) is 2.74. The van der Waals surface area contributed by atoms with Gasteiger partial charge in [0.15, 0.2) is 0 Å². The highest BCUT2D eigenvalue weighted by Crippen LogP contribution is 2.19. The normalized spacial score (nSPS) is 11.8. The first-order valence-electron chi connectivity index (χ1n) is 9.94. The quantitative estimate of drug-likeness (QED) is 0.509. The minimum absolute atomic E-state index is 0.223. The van der Waals surface area contributed by atoms with Crippen molar-refractivity contribution in [2.75, 3.05) is 11.9 Å². The molecule has 0 bridgehead atoms. The molecule has 0 radical (unpaired) electrons. The van der Waals surface area contributed by atoms with E-state index in [2.05, 4.69) is 10.6 Å². The molecule has 4 N–H and O–H groups in total. The van der Waals surface area contributed by atoms with Gasteiger partial charge in [0.25, 0.3) is 5.91 Å². The minimum Gasteiger partial charge on any atom is -0.340 e. The number of carbonyl (C=O) groups excluding carboxylic acids is 2. The smallest absolute Gasteiger partial charge is 0.252 e. The van der Waals surface area contributed by atoms with Crippen LogP contribution in [-0.4, -0.2) is 24.4 Å². The molecule has 0 fully saturated rings. The monoisotopic (exact) mass is 389 g/mol. The highest BCUT2D eigenvalue weighted by Gasteiger charge is 2.22. The Hall–Kier alpha value is -3.18. The molecule has 0 saturated carbocycles. The zero-order chi connectivity index (χ0) is 20.6. The lowest BCUT2D eigenvalue weighted by atomic mass is 10.0. The summed E-state index contributed by atoms with van der Waals surface area (Å²) in [5.74, 6) is -0.474. The van der Waals surface area contributed by atoms with E-state index in [0.717, 1.165) is 29.2 Å². The lowest BCUT2D eigenvalue weighted by molar-refractivity contribution is -0.118. The summed E-state index contributed by atoms with van der Waals surface area (Å²) in [5.41, 5.74) is 7.99. The standard InChI is InChI=1S/C24H27N3O2/c1-17-12-14-19(15-13-17)26-24(29)22(11-4-5-16-25)27-23(28)21-10-6-8-18-7-2-3-9-20(18)21/h2-3,6-10,12-15,22H,4-5,11,16,25H2,1H3,(H,26,29)(H,27,28). The number of unbranched alkanes of at least 4 members (excludes halogenated alkanes) is 1. The molecule has 2 amide bonds. The van der Waals surface area contributed by atoms with Crippen molar-refractivity contribution in [3.05, 3.63) is 77.9 Å². The summed E-state index contributed by atoms with van der Waals surface area (Å²) in [5, 5.41) is 7.69. The van der Waals surface area contributed by atoms with Crippen molar-refractivity contribution in [2.24, 2.45) is 5.73 Å². The number of hydrogen-bond acceptors (Lipinski definition) is 3. The van der Waals surface area contributed by atoms with Gasteiger partial charge in [-0.1, -0.05) is 54.1 Å². The Morgan fingerprint density at radius 3 is 2.41 bits per heavy atom. The third-order valence-corrected chi connectivity index (χ3v) is 4.92. The first-order valence-corrected chi connectivity index (χ1v) is 9.94. The van der Waals surface area contributed by atoms with Gasteiger partial charge in [-0.2, -0.15) is 0 Å². The van der Waals surface area contributed by atoms with Crippen LogP contribution in [0.25, 0.3) is 10.8 Å². The zero-order valence-corrected chi connectivity index (χ0v) is 16.7. The van der Waals surface area contributed by atoms with E-state index in [9.17, 15) is 9.59 Å². The third-order valence-electron chi connectivity index (χ3n) is 4.92. The van der Waals surface area contributed by atoms with Gasteiger partial charge in [0.2, 0.25) is 5.91 Å². The fraction of sp³-hybridized carbons (Fsp3) is 0.250. The van der Waals surface area contributed by atoms with Crippen LogP contribution in [-0.2, 0) is 4.79 Å². The Bertz CT molecular complexity index is 978. The minimum atomic E-state index is -0.630. The molecule has 0 aliphatic carbocycles. The van der Waals surface area contributed by atoms with E-state index in [0.29, 0.717) is 24.2 Å². The first kappa shape index (κ1) is 20.6. The molecule has 3 aromatic rings. The van der Waals surface area contributed by atoms with Crippen molar-refractivity contribution < 1.29 is 9.59 Å². The SMILES string of the molecule is Cc1ccc(NC(=O)C(CCCCN)NC(=O)c2cccc3ccccc23)cc1. The molecule has 0 aliphatic heterocycles. The molecule has 0 aliphatic rings. The second-order valence-electron chi connectivity index (χ2n) is 7.19. The Labute approximate surface area is 171 Å². The molecule has 0 spiro atoms. The third kappa shape index (κ3) is 5.42. The molecule has 0 saturated heterocycles. The molecular weight excluding hydrogens is 362 g/mol. The molecular formula is C24H27N3O2. The van der Waals surface area contributed by atoms with Gasteiger partial charge in [-0.15, -0.1) is 0 Å². The predicted octanol–water partition coefficient (Wildman–Crippen LogP) is 4.01. The van der Waals surface area contributed by atoms with E-state index in [-0.39, 0.29) is 11.8 Å². The van der Waals surface area contributed by atoms with E-state index < -0.39 is 6.04 Å². The van der Waals surface area contributed by atoms with Gasteiger partial charge in [-0.25, -0.2) is 0 Å². The lowest BCUT2D eigenvalue weighted by Crippen LogP contribution is -2.44. The number of nitrogens with two attached hydrogens (primary N) is 1. The summed E-state index contributed by atoms with van der Waals surface area (Å²) >= 11 is 0. The number of carbonyl (C=O) groups is 2. The van der Waals surface area contributed by atoms with Crippen LogP contribution in [0.2, 0.25) is 0 Å². The Balaban J connectivity index is 1.77. The van der Waals surface area contributed by atoms with Crippen molar-refractivity contribution in [1.29, 1.82) is 0 Å². The maximum Gasteiger partial charge on any atom is 0.252 e. The van der Waals surface area contributed by atoms with E-state index in [4.69, 9.17) is 5.73 Å². The van der Waals surface area contributed by atoms with Gasteiger partial charge in [0.05, 0.1) is 0 Å². The molecule has 29 heavy (non-hydrogen) atoms. The van der Waals surface area contributed by atoms with Crippen LogP contribution in [0.4, 0.5) is 5.69 Å². The fourth-order valence-corrected chi connectivity index (χ4v) is 3.29. The topological polar surface area (TPSA) is 84.2 Å². The zero-order valence-electron chi connectivity index (χ0n) is 16.7. The molecule has 1 unspecified atom stereocenters. The van der Waals surface area contributed by atoms with Crippen molar-refractivity contribution in [3.63, 3.8) is 0 Å². The molecule has 3 rings (SSSR count). The largest absolute Gasteiger partial charge is 0.340 e. The summed E-state index contributed by atoms with van der Waals surface area (Å²) in [6.07, 6.45) is 2.10. The average molecular weight is 389 g/mol. The van der Waals surface area contributed by atoms with Crippen molar-refractivity contribution in [3.8, 4) is 0 Å². The molecule has 150 valence electrons. The Morgan fingerprint density at radius 1 is 0.931 bits per heavy atom. The summed E-state index contributed by atoms with van der Waals surface area (Å²) < 4.78 is 0. The van der Waals surface area contributed by atoms with E-state index in [1.165, 1.54) is 0 Å². The van der Waals surface area contributed by atoms with Crippen LogP contribution in [0.15, 0.2) is 66.7 Å². The van der Waals surface area contributed by atoms with Crippen molar-refractivity contribution >= 4 is 28.3 Å². The number of fused-ring (bicyclic) bond motifs is 1. The highest BCUT2D eigenvalue weighted by atomic mass is 16.2. The predicted molar refractivity (Wildman–Crippen MR) is 118 cm³/mol.